The SMILES string of the molecule is COC(=O)c1cc(-c2ccnc(F)c2)c(N)cc1F.COC(=O)c1cc(Br)c(N)cc1F.OB(O)c1ccnc(F)c1. The van der Waals surface area contributed by atoms with Gasteiger partial charge in [-0.05, 0) is 69.4 Å². The van der Waals surface area contributed by atoms with Crippen LogP contribution in [0, 0.1) is 23.5 Å². The maximum Gasteiger partial charge on any atom is 0.488 e. The molecule has 42 heavy (non-hydrogen) atoms. The van der Waals surface area contributed by atoms with E-state index in [1.165, 1.54) is 43.8 Å². The first kappa shape index (κ1) is 33.7. The molecular weight excluding hydrogens is 631 g/mol. The number of carbonyl (C=O) groups excluding carboxylic acids is 2. The molecular formula is C26H22BBrF4N4O6. The normalized spacial score (nSPS) is 9.93. The van der Waals surface area contributed by atoms with E-state index < -0.39 is 42.6 Å². The first-order valence-corrected chi connectivity index (χ1v) is 12.2. The maximum absolute atomic E-state index is 13.6. The Morgan fingerprint density at radius 2 is 1.29 bits per heavy atom. The van der Waals surface area contributed by atoms with E-state index in [0.29, 0.717) is 15.6 Å². The van der Waals surface area contributed by atoms with Gasteiger partial charge in [-0.3, -0.25) is 0 Å². The number of ether oxygens (including phenoxy) is 2. The molecule has 0 atom stereocenters. The largest absolute Gasteiger partial charge is 0.488 e. The summed E-state index contributed by atoms with van der Waals surface area (Å²) in [7, 11) is 0.702. The quantitative estimate of drug-likeness (QED) is 0.0843. The second kappa shape index (κ2) is 15.5. The van der Waals surface area contributed by atoms with Crippen molar-refractivity contribution in [3.63, 3.8) is 0 Å². The van der Waals surface area contributed by atoms with Crippen LogP contribution in [-0.2, 0) is 9.47 Å². The summed E-state index contributed by atoms with van der Waals surface area (Å²) < 4.78 is 61.2. The first-order chi connectivity index (χ1) is 19.8. The van der Waals surface area contributed by atoms with E-state index in [1.54, 1.807) is 0 Å². The van der Waals surface area contributed by atoms with Gasteiger partial charge in [0.25, 0.3) is 0 Å². The summed E-state index contributed by atoms with van der Waals surface area (Å²) in [5, 5.41) is 17.0. The standard InChI is InChI=1S/C13H10F2N2O2.C8H7BrFNO2.C5H5BFNO2/c1-19-13(18)9-5-8(11(16)6-10(9)14)7-2-3-17-12(15)4-7;1-13-8(12)4-2-5(9)7(11)3-6(4)10;7-5-3-4(6(9)10)1-2-8-5/h2-6H,16H2,1H3;2-3H,11H2,1H3;1-3,9-10H. The molecule has 0 bridgehead atoms. The van der Waals surface area contributed by atoms with E-state index in [4.69, 9.17) is 21.5 Å². The zero-order chi connectivity index (χ0) is 31.6. The van der Waals surface area contributed by atoms with E-state index in [-0.39, 0.29) is 28.0 Å². The lowest BCUT2D eigenvalue weighted by atomic mass is 9.81. The number of pyridine rings is 2. The van der Waals surface area contributed by atoms with Crippen molar-refractivity contribution < 1.29 is 46.7 Å². The average Bonchev–Trinajstić information content (AvgIpc) is 2.95. The van der Waals surface area contributed by atoms with E-state index in [0.717, 1.165) is 31.4 Å². The lowest BCUT2D eigenvalue weighted by molar-refractivity contribution is 0.0586. The monoisotopic (exact) mass is 652 g/mol. The van der Waals surface area contributed by atoms with E-state index in [2.05, 4.69) is 35.4 Å². The third kappa shape index (κ3) is 9.26. The second-order valence-corrected chi connectivity index (χ2v) is 8.76. The van der Waals surface area contributed by atoms with Crippen LogP contribution in [0.3, 0.4) is 0 Å². The van der Waals surface area contributed by atoms with Crippen molar-refractivity contribution in [3.05, 3.63) is 100 Å². The molecule has 0 fully saturated rings. The fraction of sp³-hybridized carbons (Fsp3) is 0.0769. The van der Waals surface area contributed by atoms with Gasteiger partial charge in [-0.1, -0.05) is 0 Å². The summed E-state index contributed by atoms with van der Waals surface area (Å²) >= 11 is 3.08. The Morgan fingerprint density at radius 1 is 0.786 bits per heavy atom. The Balaban J connectivity index is 0.000000234. The minimum atomic E-state index is -1.63. The fourth-order valence-corrected chi connectivity index (χ4v) is 3.43. The number of anilines is 2. The van der Waals surface area contributed by atoms with Gasteiger partial charge in [0.05, 0.1) is 25.3 Å². The number of nitrogens with zero attached hydrogens (tertiary/aromatic N) is 2. The van der Waals surface area contributed by atoms with Gasteiger partial charge >= 0.3 is 19.1 Å². The van der Waals surface area contributed by atoms with Crippen LogP contribution >= 0.6 is 15.9 Å². The van der Waals surface area contributed by atoms with Gasteiger partial charge in [0.15, 0.2) is 0 Å². The predicted octanol–water partition coefficient (Wildman–Crippen LogP) is 3.25. The molecule has 0 saturated carbocycles. The van der Waals surface area contributed by atoms with Crippen molar-refractivity contribution in [2.45, 2.75) is 0 Å². The van der Waals surface area contributed by atoms with Gasteiger partial charge in [-0.15, -0.1) is 0 Å². The molecule has 220 valence electrons. The summed E-state index contributed by atoms with van der Waals surface area (Å²) in [5.41, 5.74) is 11.8. The number of methoxy groups -OCH3 is 2. The molecule has 16 heteroatoms. The number of carbonyl (C=O) groups is 2. The zero-order valence-electron chi connectivity index (χ0n) is 21.8. The Bertz CT molecular complexity index is 1580. The van der Waals surface area contributed by atoms with Crippen LogP contribution in [0.2, 0.25) is 0 Å². The molecule has 0 aliphatic rings. The van der Waals surface area contributed by atoms with Crippen LogP contribution in [0.25, 0.3) is 11.1 Å². The van der Waals surface area contributed by atoms with Crippen molar-refractivity contribution in [3.8, 4) is 11.1 Å². The number of halogens is 5. The molecule has 0 radical (unpaired) electrons. The summed E-state index contributed by atoms with van der Waals surface area (Å²) in [5.74, 6) is -4.44. The lowest BCUT2D eigenvalue weighted by Gasteiger charge is -2.09. The van der Waals surface area contributed by atoms with Gasteiger partial charge in [-0.2, -0.15) is 8.78 Å². The number of nitrogen functional groups attached to an aromatic ring is 2. The number of rotatable bonds is 4. The molecule has 2 heterocycles. The van der Waals surface area contributed by atoms with Gasteiger partial charge < -0.3 is 31.0 Å². The number of nitrogens with two attached hydrogens (primary N) is 2. The first-order valence-electron chi connectivity index (χ1n) is 11.4. The van der Waals surface area contributed by atoms with Crippen LogP contribution in [0.15, 0.2) is 65.4 Å². The molecule has 0 unspecified atom stereocenters. The lowest BCUT2D eigenvalue weighted by Crippen LogP contribution is -2.30. The van der Waals surface area contributed by atoms with Crippen molar-refractivity contribution >= 4 is 51.8 Å². The van der Waals surface area contributed by atoms with E-state index >= 15 is 0 Å². The van der Waals surface area contributed by atoms with Gasteiger partial charge in [0.1, 0.15) is 11.6 Å². The Kier molecular flexibility index (Phi) is 12.4. The van der Waals surface area contributed by atoms with Crippen LogP contribution in [0.5, 0.6) is 0 Å². The van der Waals surface area contributed by atoms with Crippen LogP contribution in [0.1, 0.15) is 20.7 Å². The van der Waals surface area contributed by atoms with Crippen molar-refractivity contribution in [1.29, 1.82) is 0 Å². The molecule has 2 aromatic heterocycles. The summed E-state index contributed by atoms with van der Waals surface area (Å²) in [6.07, 6.45) is 2.43. The topological polar surface area (TPSA) is 171 Å². The van der Waals surface area contributed by atoms with Crippen molar-refractivity contribution in [1.82, 2.24) is 9.97 Å². The van der Waals surface area contributed by atoms with Crippen molar-refractivity contribution in [2.24, 2.45) is 0 Å². The smallest absolute Gasteiger partial charge is 0.465 e. The third-order valence-electron chi connectivity index (χ3n) is 5.12. The fourth-order valence-electron chi connectivity index (χ4n) is 3.08. The number of hydrogen-bond donors (Lipinski definition) is 4. The molecule has 4 rings (SSSR count). The highest BCUT2D eigenvalue weighted by molar-refractivity contribution is 9.10. The van der Waals surface area contributed by atoms with Gasteiger partial charge in [0.2, 0.25) is 11.9 Å². The number of esters is 2. The summed E-state index contributed by atoms with van der Waals surface area (Å²) in [4.78, 5) is 29.0. The molecule has 2 aromatic carbocycles. The maximum atomic E-state index is 13.6. The molecule has 0 spiro atoms. The van der Waals surface area contributed by atoms with Crippen molar-refractivity contribution in [2.75, 3.05) is 25.7 Å². The number of benzene rings is 2. The molecule has 0 aliphatic heterocycles. The number of aromatic nitrogens is 2. The second-order valence-electron chi connectivity index (χ2n) is 7.91. The van der Waals surface area contributed by atoms with Crippen LogP contribution < -0.4 is 16.9 Å². The summed E-state index contributed by atoms with van der Waals surface area (Å²) in [6.45, 7) is 0. The average molecular weight is 653 g/mol. The number of hydrogen-bond acceptors (Lipinski definition) is 10. The minimum Gasteiger partial charge on any atom is -0.465 e. The summed E-state index contributed by atoms with van der Waals surface area (Å²) in [6, 6.07) is 9.52. The van der Waals surface area contributed by atoms with Gasteiger partial charge in [0, 0.05) is 39.9 Å². The zero-order valence-corrected chi connectivity index (χ0v) is 23.4. The molecule has 0 amide bonds. The molecule has 0 aliphatic carbocycles. The van der Waals surface area contributed by atoms with Crippen LogP contribution in [-0.4, -0.2) is 53.3 Å². The Morgan fingerprint density at radius 3 is 1.76 bits per heavy atom. The Labute approximate surface area is 245 Å². The van der Waals surface area contributed by atoms with E-state index in [1.807, 2.05) is 0 Å². The highest BCUT2D eigenvalue weighted by Gasteiger charge is 2.17. The highest BCUT2D eigenvalue weighted by Crippen LogP contribution is 2.29. The van der Waals surface area contributed by atoms with Gasteiger partial charge in [-0.25, -0.2) is 28.3 Å². The Hall–Kier alpha value is -4.54. The molecule has 10 nitrogen and oxygen atoms in total. The molecule has 4 aromatic rings. The minimum absolute atomic E-state index is 0.0933. The van der Waals surface area contributed by atoms with E-state index in [9.17, 15) is 27.2 Å². The predicted molar refractivity (Wildman–Crippen MR) is 149 cm³/mol. The molecule has 0 saturated heterocycles. The van der Waals surface area contributed by atoms with Crippen LogP contribution in [0.4, 0.5) is 28.9 Å². The molecule has 6 N–H and O–H groups in total. The third-order valence-corrected chi connectivity index (χ3v) is 5.81. The highest BCUT2D eigenvalue weighted by atomic mass is 79.9.